The molecule has 0 unspecified atom stereocenters. The zero-order chi connectivity index (χ0) is 24.8. The lowest BCUT2D eigenvalue weighted by Gasteiger charge is -2.53. The Bertz CT molecular complexity index is 919. The maximum atomic E-state index is 13.2. The molecule has 0 radical (unpaired) electrons. The normalized spacial score (nSPS) is 32.5. The molecule has 0 aromatic carbocycles. The Morgan fingerprint density at radius 2 is 2.00 bits per heavy atom. The molecule has 1 amide bonds. The number of nitrogens with zero attached hydrogens (tertiary/aromatic N) is 2. The number of aromatic nitrogens is 1. The van der Waals surface area contributed by atoms with Gasteiger partial charge < -0.3 is 19.5 Å². The summed E-state index contributed by atoms with van der Waals surface area (Å²) in [5.41, 5.74) is 0.456. The van der Waals surface area contributed by atoms with E-state index >= 15 is 0 Å². The number of ether oxygens (including phenoxy) is 2. The second-order valence-corrected chi connectivity index (χ2v) is 13.0. The third-order valence-electron chi connectivity index (χ3n) is 8.26. The molecular formula is C26H40N2O5S. The van der Waals surface area contributed by atoms with Crippen molar-refractivity contribution >= 4 is 23.2 Å². The number of carbonyl (C=O) groups is 2. The number of amides is 1. The molecule has 1 N–H and O–H groups in total. The summed E-state index contributed by atoms with van der Waals surface area (Å²) in [5.74, 6) is -0.230. The second-order valence-electron chi connectivity index (χ2n) is 11.8. The highest BCUT2D eigenvalue weighted by atomic mass is 32.1. The summed E-state index contributed by atoms with van der Waals surface area (Å²) in [7, 11) is 0. The Morgan fingerprint density at radius 1 is 1.32 bits per heavy atom. The highest BCUT2D eigenvalue weighted by Gasteiger charge is 2.54. The van der Waals surface area contributed by atoms with E-state index in [2.05, 4.69) is 13.8 Å². The van der Waals surface area contributed by atoms with E-state index in [-0.39, 0.29) is 47.6 Å². The number of aliphatic hydroxyl groups excluding tert-OH is 1. The molecule has 34 heavy (non-hydrogen) atoms. The van der Waals surface area contributed by atoms with Gasteiger partial charge in [-0.05, 0) is 57.3 Å². The number of esters is 1. The van der Waals surface area contributed by atoms with Gasteiger partial charge in [-0.3, -0.25) is 9.59 Å². The topological polar surface area (TPSA) is 89.0 Å². The van der Waals surface area contributed by atoms with Crippen LogP contribution in [0.15, 0.2) is 0 Å². The first-order valence-electron chi connectivity index (χ1n) is 12.6. The van der Waals surface area contributed by atoms with Crippen LogP contribution in [0.5, 0.6) is 0 Å². The van der Waals surface area contributed by atoms with Crippen molar-refractivity contribution < 1.29 is 24.2 Å². The first kappa shape index (κ1) is 25.6. The van der Waals surface area contributed by atoms with Crippen LogP contribution < -0.4 is 0 Å². The molecule has 0 bridgehead atoms. The standard InChI is InChI=1S/C26H40N2O5S/c1-15(23(30)28-9-11-32-12-10-28)17-7-8-26(6)13-18-21(16(2)20(26)22(17)29)27-19(34-18)14-33-24(31)25(3,4)5/h15-17,20,22,29H,7-14H2,1-6H3/t15-,16-,17+,20+,22-,26-/m0/s1. The van der Waals surface area contributed by atoms with Gasteiger partial charge in [0.2, 0.25) is 5.91 Å². The fourth-order valence-corrected chi connectivity index (χ4v) is 7.54. The average Bonchev–Trinajstić information content (AvgIpc) is 3.19. The molecule has 2 aliphatic carbocycles. The zero-order valence-corrected chi connectivity index (χ0v) is 22.2. The van der Waals surface area contributed by atoms with Crippen molar-refractivity contribution in [2.75, 3.05) is 26.3 Å². The summed E-state index contributed by atoms with van der Waals surface area (Å²) in [4.78, 5) is 33.4. The number of fused-ring (bicyclic) bond motifs is 2. The third-order valence-corrected chi connectivity index (χ3v) is 9.30. The first-order valence-corrected chi connectivity index (χ1v) is 13.4. The predicted molar refractivity (Wildman–Crippen MR) is 130 cm³/mol. The number of morpholine rings is 1. The van der Waals surface area contributed by atoms with E-state index in [1.54, 1.807) is 11.3 Å². The summed E-state index contributed by atoms with van der Waals surface area (Å²) in [6.07, 6.45) is 2.15. The monoisotopic (exact) mass is 492 g/mol. The molecule has 2 fully saturated rings. The van der Waals surface area contributed by atoms with E-state index in [0.717, 1.165) is 30.0 Å². The highest BCUT2D eigenvalue weighted by molar-refractivity contribution is 7.11. The number of rotatable bonds is 4. The maximum absolute atomic E-state index is 13.2. The number of aliphatic hydroxyl groups is 1. The smallest absolute Gasteiger partial charge is 0.311 e. The molecule has 190 valence electrons. The first-order chi connectivity index (χ1) is 15.9. The number of hydrogen-bond acceptors (Lipinski definition) is 7. The zero-order valence-electron chi connectivity index (χ0n) is 21.4. The molecule has 1 saturated carbocycles. The Balaban J connectivity index is 1.50. The van der Waals surface area contributed by atoms with Crippen molar-refractivity contribution in [1.82, 2.24) is 9.88 Å². The van der Waals surface area contributed by atoms with Gasteiger partial charge in [-0.1, -0.05) is 20.8 Å². The van der Waals surface area contributed by atoms with Crippen molar-refractivity contribution in [3.63, 3.8) is 0 Å². The fourth-order valence-electron chi connectivity index (χ4n) is 6.26. The quantitative estimate of drug-likeness (QED) is 0.644. The highest BCUT2D eigenvalue weighted by Crippen LogP contribution is 2.57. The van der Waals surface area contributed by atoms with Gasteiger partial charge >= 0.3 is 5.97 Å². The molecule has 7 nitrogen and oxygen atoms in total. The lowest BCUT2D eigenvalue weighted by atomic mass is 9.53. The molecule has 2 heterocycles. The predicted octanol–water partition coefficient (Wildman–Crippen LogP) is 3.78. The third kappa shape index (κ3) is 4.78. The molecular weight excluding hydrogens is 452 g/mol. The molecule has 1 aliphatic heterocycles. The Labute approximate surface area is 207 Å². The fraction of sp³-hybridized carbons (Fsp3) is 0.808. The lowest BCUT2D eigenvalue weighted by molar-refractivity contribution is -0.154. The van der Waals surface area contributed by atoms with E-state index in [9.17, 15) is 14.7 Å². The minimum atomic E-state index is -0.550. The van der Waals surface area contributed by atoms with Gasteiger partial charge in [-0.15, -0.1) is 11.3 Å². The van der Waals surface area contributed by atoms with Crippen molar-refractivity contribution in [3.05, 3.63) is 15.6 Å². The van der Waals surface area contributed by atoms with Crippen LogP contribution in [0.4, 0.5) is 0 Å². The van der Waals surface area contributed by atoms with Crippen LogP contribution in [-0.4, -0.2) is 59.3 Å². The largest absolute Gasteiger partial charge is 0.458 e. The minimum Gasteiger partial charge on any atom is -0.458 e. The number of carbonyl (C=O) groups excluding carboxylic acids is 2. The van der Waals surface area contributed by atoms with Crippen molar-refractivity contribution in [2.24, 2.45) is 28.6 Å². The second kappa shape index (κ2) is 9.51. The molecule has 8 heteroatoms. The average molecular weight is 493 g/mol. The Morgan fingerprint density at radius 3 is 2.65 bits per heavy atom. The summed E-state index contributed by atoms with van der Waals surface area (Å²) in [6.45, 7) is 14.6. The molecule has 1 aromatic rings. The van der Waals surface area contributed by atoms with Crippen LogP contribution >= 0.6 is 11.3 Å². The number of hydrogen-bond donors (Lipinski definition) is 1. The van der Waals surface area contributed by atoms with Crippen LogP contribution in [0.2, 0.25) is 0 Å². The molecule has 1 saturated heterocycles. The van der Waals surface area contributed by atoms with Crippen LogP contribution in [0.3, 0.4) is 0 Å². The van der Waals surface area contributed by atoms with Gasteiger partial charge in [0.1, 0.15) is 11.6 Å². The Hall–Kier alpha value is -1.51. The molecule has 3 aliphatic rings. The SMILES string of the molecule is C[C@H](C(=O)N1CCOCC1)[C@H]1CC[C@@]2(C)Cc3sc(COC(=O)C(C)(C)C)nc3[C@@H](C)[C@@H]2[C@H]1O. The van der Waals surface area contributed by atoms with Crippen LogP contribution in [0, 0.1) is 28.6 Å². The van der Waals surface area contributed by atoms with E-state index in [1.165, 1.54) is 4.88 Å². The van der Waals surface area contributed by atoms with Gasteiger partial charge in [0.05, 0.1) is 30.4 Å². The number of thiazole rings is 1. The van der Waals surface area contributed by atoms with Crippen molar-refractivity contribution in [1.29, 1.82) is 0 Å². The summed E-state index contributed by atoms with van der Waals surface area (Å²) in [6, 6.07) is 0. The van der Waals surface area contributed by atoms with Gasteiger partial charge in [-0.2, -0.15) is 0 Å². The van der Waals surface area contributed by atoms with Crippen molar-refractivity contribution in [2.45, 2.75) is 79.4 Å². The molecule has 6 atom stereocenters. The van der Waals surface area contributed by atoms with Crippen LogP contribution in [-0.2, 0) is 32.1 Å². The van der Waals surface area contributed by atoms with E-state index in [1.807, 2.05) is 32.6 Å². The van der Waals surface area contributed by atoms with Gasteiger partial charge in [-0.25, -0.2) is 4.98 Å². The van der Waals surface area contributed by atoms with Crippen LogP contribution in [0.1, 0.15) is 75.9 Å². The Kier molecular flexibility index (Phi) is 7.15. The maximum Gasteiger partial charge on any atom is 0.311 e. The molecule has 0 spiro atoms. The molecule has 4 rings (SSSR count). The van der Waals surface area contributed by atoms with E-state index in [0.29, 0.717) is 26.3 Å². The van der Waals surface area contributed by atoms with Crippen LogP contribution in [0.25, 0.3) is 0 Å². The summed E-state index contributed by atoms with van der Waals surface area (Å²) < 4.78 is 10.9. The van der Waals surface area contributed by atoms with E-state index < -0.39 is 11.5 Å². The van der Waals surface area contributed by atoms with Gasteiger partial charge in [0.25, 0.3) is 0 Å². The summed E-state index contributed by atoms with van der Waals surface area (Å²) in [5, 5.41) is 12.4. The van der Waals surface area contributed by atoms with Crippen molar-refractivity contribution in [3.8, 4) is 0 Å². The van der Waals surface area contributed by atoms with Gasteiger partial charge in [0, 0.05) is 29.8 Å². The van der Waals surface area contributed by atoms with E-state index in [4.69, 9.17) is 14.5 Å². The summed E-state index contributed by atoms with van der Waals surface area (Å²) >= 11 is 1.64. The van der Waals surface area contributed by atoms with Gasteiger partial charge in [0.15, 0.2) is 0 Å². The molecule has 1 aromatic heterocycles. The lowest BCUT2D eigenvalue weighted by Crippen LogP contribution is -2.54. The minimum absolute atomic E-state index is 0.0318.